The first-order valence-corrected chi connectivity index (χ1v) is 6.82. The maximum absolute atomic E-state index is 11.7. The maximum Gasteiger partial charge on any atom is 0.324 e. The van der Waals surface area contributed by atoms with Crippen LogP contribution in [0.3, 0.4) is 0 Å². The molecule has 0 aromatic carbocycles. The first-order chi connectivity index (χ1) is 8.67. The van der Waals surface area contributed by atoms with E-state index in [1.54, 1.807) is 0 Å². The lowest BCUT2D eigenvalue weighted by Crippen LogP contribution is -2.48. The van der Waals surface area contributed by atoms with Gasteiger partial charge in [-0.05, 0) is 26.3 Å². The fraction of sp³-hybridized carbons (Fsp3) is 0.923. The van der Waals surface area contributed by atoms with Gasteiger partial charge in [-0.15, -0.1) is 0 Å². The van der Waals surface area contributed by atoms with Crippen LogP contribution in [0.1, 0.15) is 26.7 Å². The molecule has 0 spiro atoms. The van der Waals surface area contributed by atoms with Crippen LogP contribution in [0.15, 0.2) is 0 Å². The Morgan fingerprint density at radius 3 is 3.06 bits per heavy atom. The Kier molecular flexibility index (Phi) is 7.23. The van der Waals surface area contributed by atoms with E-state index in [1.807, 2.05) is 0 Å². The molecule has 0 saturated carbocycles. The minimum Gasteiger partial charge on any atom is -0.468 e. The third kappa shape index (κ3) is 5.33. The van der Waals surface area contributed by atoms with Gasteiger partial charge in [-0.25, -0.2) is 0 Å². The number of nitrogens with one attached hydrogen (secondary N) is 1. The van der Waals surface area contributed by atoms with Crippen LogP contribution in [0.4, 0.5) is 0 Å². The molecule has 1 saturated heterocycles. The Balaban J connectivity index is 2.49. The van der Waals surface area contributed by atoms with Crippen molar-refractivity contribution in [3.05, 3.63) is 0 Å². The summed E-state index contributed by atoms with van der Waals surface area (Å²) in [6, 6.07) is -0.236. The highest BCUT2D eigenvalue weighted by Crippen LogP contribution is 2.06. The van der Waals surface area contributed by atoms with Gasteiger partial charge in [0.05, 0.1) is 13.2 Å². The average Bonchev–Trinajstić information content (AvgIpc) is 2.57. The van der Waals surface area contributed by atoms with Crippen LogP contribution >= 0.6 is 0 Å². The van der Waals surface area contributed by atoms with Gasteiger partial charge < -0.3 is 14.8 Å². The SMILES string of the molecule is CCCNC(CN1CCCOC(C)C1)C(=O)OC. The van der Waals surface area contributed by atoms with Gasteiger partial charge in [0.25, 0.3) is 0 Å². The van der Waals surface area contributed by atoms with Gasteiger partial charge >= 0.3 is 5.97 Å². The molecule has 2 atom stereocenters. The van der Waals surface area contributed by atoms with Crippen molar-refractivity contribution >= 4 is 5.97 Å². The first kappa shape index (κ1) is 15.4. The molecule has 1 aliphatic rings. The molecule has 2 unspecified atom stereocenters. The van der Waals surface area contributed by atoms with E-state index in [4.69, 9.17) is 9.47 Å². The van der Waals surface area contributed by atoms with E-state index in [0.717, 1.165) is 39.1 Å². The predicted octanol–water partition coefficient (Wildman–Crippen LogP) is 0.638. The van der Waals surface area contributed by atoms with Crippen LogP contribution in [-0.4, -0.2) is 62.9 Å². The quantitative estimate of drug-likeness (QED) is 0.709. The monoisotopic (exact) mass is 258 g/mol. The van der Waals surface area contributed by atoms with E-state index in [9.17, 15) is 4.79 Å². The molecule has 1 heterocycles. The van der Waals surface area contributed by atoms with Gasteiger partial charge in [0.2, 0.25) is 0 Å². The molecule has 106 valence electrons. The maximum atomic E-state index is 11.7. The van der Waals surface area contributed by atoms with E-state index in [2.05, 4.69) is 24.1 Å². The number of carbonyl (C=O) groups excluding carboxylic acids is 1. The van der Waals surface area contributed by atoms with Crippen molar-refractivity contribution in [3.63, 3.8) is 0 Å². The van der Waals surface area contributed by atoms with Crippen LogP contribution in [0.25, 0.3) is 0 Å². The van der Waals surface area contributed by atoms with Gasteiger partial charge in [-0.2, -0.15) is 0 Å². The lowest BCUT2D eigenvalue weighted by Gasteiger charge is -2.26. The van der Waals surface area contributed by atoms with Crippen LogP contribution in [0.2, 0.25) is 0 Å². The van der Waals surface area contributed by atoms with Crippen molar-refractivity contribution < 1.29 is 14.3 Å². The summed E-state index contributed by atoms with van der Waals surface area (Å²) in [7, 11) is 1.44. The highest BCUT2D eigenvalue weighted by atomic mass is 16.5. The molecule has 1 aliphatic heterocycles. The van der Waals surface area contributed by atoms with E-state index in [1.165, 1.54) is 7.11 Å². The second-order valence-corrected chi connectivity index (χ2v) is 4.82. The summed E-state index contributed by atoms with van der Waals surface area (Å²) >= 11 is 0. The Hall–Kier alpha value is -0.650. The van der Waals surface area contributed by atoms with Gasteiger partial charge in [0.15, 0.2) is 0 Å². The summed E-state index contributed by atoms with van der Waals surface area (Å²) in [5.41, 5.74) is 0. The fourth-order valence-electron chi connectivity index (χ4n) is 2.19. The van der Waals surface area contributed by atoms with Crippen molar-refractivity contribution in [2.24, 2.45) is 0 Å². The zero-order chi connectivity index (χ0) is 13.4. The summed E-state index contributed by atoms with van der Waals surface area (Å²) in [4.78, 5) is 14.0. The van der Waals surface area contributed by atoms with Crippen LogP contribution in [0.5, 0.6) is 0 Å². The number of rotatable bonds is 6. The molecular formula is C13H26N2O3. The smallest absolute Gasteiger partial charge is 0.324 e. The van der Waals surface area contributed by atoms with Crippen molar-refractivity contribution in [1.29, 1.82) is 0 Å². The number of carbonyl (C=O) groups is 1. The molecule has 5 heteroatoms. The molecule has 5 nitrogen and oxygen atoms in total. The molecule has 0 amide bonds. The second-order valence-electron chi connectivity index (χ2n) is 4.82. The molecule has 0 bridgehead atoms. The molecule has 0 aromatic heterocycles. The summed E-state index contributed by atoms with van der Waals surface area (Å²) in [5.74, 6) is -0.179. The van der Waals surface area contributed by atoms with E-state index >= 15 is 0 Å². The molecular weight excluding hydrogens is 232 g/mol. The Morgan fingerprint density at radius 2 is 2.39 bits per heavy atom. The summed E-state index contributed by atoms with van der Waals surface area (Å²) < 4.78 is 10.5. The second kappa shape index (κ2) is 8.45. The van der Waals surface area contributed by atoms with Crippen molar-refractivity contribution in [2.75, 3.05) is 39.9 Å². The summed E-state index contributed by atoms with van der Waals surface area (Å²) in [6.07, 6.45) is 2.26. The number of hydrogen-bond acceptors (Lipinski definition) is 5. The van der Waals surface area contributed by atoms with Crippen molar-refractivity contribution in [3.8, 4) is 0 Å². The molecule has 1 rings (SSSR count). The molecule has 1 N–H and O–H groups in total. The molecule has 0 radical (unpaired) electrons. The van der Waals surface area contributed by atoms with E-state index in [0.29, 0.717) is 6.54 Å². The van der Waals surface area contributed by atoms with Gasteiger partial charge in [0.1, 0.15) is 6.04 Å². The van der Waals surface area contributed by atoms with E-state index < -0.39 is 0 Å². The first-order valence-electron chi connectivity index (χ1n) is 6.82. The van der Waals surface area contributed by atoms with E-state index in [-0.39, 0.29) is 18.1 Å². The number of methoxy groups -OCH3 is 1. The van der Waals surface area contributed by atoms with Crippen LogP contribution < -0.4 is 5.32 Å². The molecule has 1 fully saturated rings. The zero-order valence-electron chi connectivity index (χ0n) is 11.8. The lowest BCUT2D eigenvalue weighted by molar-refractivity contribution is -0.143. The number of nitrogens with zero attached hydrogens (tertiary/aromatic N) is 1. The van der Waals surface area contributed by atoms with Gasteiger partial charge in [0, 0.05) is 26.2 Å². The van der Waals surface area contributed by atoms with Crippen molar-refractivity contribution in [2.45, 2.75) is 38.8 Å². The molecule has 18 heavy (non-hydrogen) atoms. The average molecular weight is 258 g/mol. The predicted molar refractivity (Wildman–Crippen MR) is 70.6 cm³/mol. The Morgan fingerprint density at radius 1 is 1.61 bits per heavy atom. The topological polar surface area (TPSA) is 50.8 Å². The highest BCUT2D eigenvalue weighted by molar-refractivity contribution is 5.75. The largest absolute Gasteiger partial charge is 0.468 e. The third-order valence-electron chi connectivity index (χ3n) is 3.10. The van der Waals surface area contributed by atoms with Crippen LogP contribution in [-0.2, 0) is 14.3 Å². The number of ether oxygens (including phenoxy) is 2. The van der Waals surface area contributed by atoms with Crippen molar-refractivity contribution in [1.82, 2.24) is 10.2 Å². The third-order valence-corrected chi connectivity index (χ3v) is 3.10. The van der Waals surface area contributed by atoms with Crippen LogP contribution in [0, 0.1) is 0 Å². The minimum absolute atomic E-state index is 0.179. The number of hydrogen-bond donors (Lipinski definition) is 1. The Labute approximate surface area is 110 Å². The highest BCUT2D eigenvalue weighted by Gasteiger charge is 2.23. The Bertz CT molecular complexity index is 248. The summed E-state index contributed by atoms with van der Waals surface area (Å²) in [6.45, 7) is 8.35. The van der Waals surface area contributed by atoms with Gasteiger partial charge in [-0.1, -0.05) is 6.92 Å². The minimum atomic E-state index is -0.236. The normalized spacial score (nSPS) is 23.4. The lowest BCUT2D eigenvalue weighted by atomic mass is 10.2. The molecule has 0 aliphatic carbocycles. The molecule has 0 aromatic rings. The standard InChI is InChI=1S/C13H26N2O3/c1-4-6-14-12(13(16)17-3)10-15-7-5-8-18-11(2)9-15/h11-12,14H,4-10H2,1-3H3. The zero-order valence-corrected chi connectivity index (χ0v) is 11.8. The summed E-state index contributed by atoms with van der Waals surface area (Å²) in [5, 5.41) is 3.25. The van der Waals surface area contributed by atoms with Gasteiger partial charge in [-0.3, -0.25) is 9.69 Å². The number of esters is 1. The fourth-order valence-corrected chi connectivity index (χ4v) is 2.19.